The molecule has 0 spiro atoms. The predicted octanol–water partition coefficient (Wildman–Crippen LogP) is 1.73. The van der Waals surface area contributed by atoms with E-state index in [1.807, 2.05) is 21.9 Å². The molecule has 3 aliphatic heterocycles. The summed E-state index contributed by atoms with van der Waals surface area (Å²) in [5, 5.41) is 2.92. The zero-order chi connectivity index (χ0) is 21.4. The highest BCUT2D eigenvalue weighted by atomic mass is 16.5. The van der Waals surface area contributed by atoms with E-state index in [4.69, 9.17) is 4.74 Å². The minimum Gasteiger partial charge on any atom is -0.379 e. The van der Waals surface area contributed by atoms with E-state index in [0.717, 1.165) is 25.7 Å². The Morgan fingerprint density at radius 1 is 1.06 bits per heavy atom. The summed E-state index contributed by atoms with van der Waals surface area (Å²) < 4.78 is 5.39. The Morgan fingerprint density at radius 2 is 1.81 bits per heavy atom. The molecule has 1 saturated carbocycles. The van der Waals surface area contributed by atoms with Gasteiger partial charge in [-0.25, -0.2) is 0 Å². The quantitative estimate of drug-likeness (QED) is 0.799. The van der Waals surface area contributed by atoms with E-state index < -0.39 is 0 Å². The zero-order valence-corrected chi connectivity index (χ0v) is 17.6. The van der Waals surface area contributed by atoms with Crippen LogP contribution < -0.4 is 10.2 Å². The molecule has 0 radical (unpaired) electrons. The average Bonchev–Trinajstić information content (AvgIpc) is 3.07. The van der Waals surface area contributed by atoms with E-state index in [1.54, 1.807) is 12.1 Å². The Morgan fingerprint density at radius 3 is 2.58 bits per heavy atom. The number of anilines is 2. The first-order valence-corrected chi connectivity index (χ1v) is 11.2. The summed E-state index contributed by atoms with van der Waals surface area (Å²) in [6.07, 6.45) is 5.27. The monoisotopic (exact) mass is 424 g/mol. The van der Waals surface area contributed by atoms with Crippen molar-refractivity contribution >= 4 is 29.1 Å². The molecule has 1 aromatic rings. The molecule has 0 bridgehead atoms. The van der Waals surface area contributed by atoms with Gasteiger partial charge in [-0.2, -0.15) is 0 Å². The molecule has 0 aromatic heterocycles. The van der Waals surface area contributed by atoms with Crippen LogP contribution in [0, 0.1) is 0 Å². The van der Waals surface area contributed by atoms with Gasteiger partial charge in [-0.1, -0.05) is 31.4 Å². The molecule has 1 aromatic carbocycles. The lowest BCUT2D eigenvalue weighted by Gasteiger charge is -2.33. The standard InChI is InChI=1S/C23H28N4O4/c28-20(15-25-10-12-31-13-11-25)27-19-9-5-4-8-18(19)24-22(29)17-14-26(23(30)21(17)27)16-6-2-1-3-7-16/h4-5,8-9,16H,1-3,6-7,10-15H2,(H,24,29). The summed E-state index contributed by atoms with van der Waals surface area (Å²) in [6, 6.07) is 7.33. The molecule has 164 valence electrons. The van der Waals surface area contributed by atoms with Crippen LogP contribution in [-0.2, 0) is 19.1 Å². The van der Waals surface area contributed by atoms with Gasteiger partial charge in [-0.3, -0.25) is 24.2 Å². The van der Waals surface area contributed by atoms with E-state index in [-0.39, 0.29) is 42.5 Å². The topological polar surface area (TPSA) is 82.2 Å². The average molecular weight is 425 g/mol. The zero-order valence-electron chi connectivity index (χ0n) is 17.6. The molecule has 4 aliphatic rings. The van der Waals surface area contributed by atoms with E-state index >= 15 is 0 Å². The van der Waals surface area contributed by atoms with Crippen molar-refractivity contribution in [1.82, 2.24) is 9.80 Å². The molecule has 8 nitrogen and oxygen atoms in total. The molecule has 2 fully saturated rings. The molecular formula is C23H28N4O4. The van der Waals surface area contributed by atoms with Gasteiger partial charge in [0.1, 0.15) is 5.70 Å². The summed E-state index contributed by atoms with van der Waals surface area (Å²) in [5.74, 6) is -0.697. The number of carbonyl (C=O) groups is 3. The van der Waals surface area contributed by atoms with Gasteiger partial charge in [0.25, 0.3) is 11.8 Å². The van der Waals surface area contributed by atoms with E-state index in [1.165, 1.54) is 11.3 Å². The number of hydrogen-bond acceptors (Lipinski definition) is 5. The lowest BCUT2D eigenvalue weighted by molar-refractivity contribution is -0.129. The maximum Gasteiger partial charge on any atom is 0.272 e. The number of morpholine rings is 1. The molecule has 3 heterocycles. The number of hydrogen-bond donors (Lipinski definition) is 1. The van der Waals surface area contributed by atoms with E-state index in [9.17, 15) is 14.4 Å². The number of carbonyl (C=O) groups excluding carboxylic acids is 3. The second-order valence-corrected chi connectivity index (χ2v) is 8.64. The van der Waals surface area contributed by atoms with Crippen LogP contribution in [0.25, 0.3) is 0 Å². The number of fused-ring (bicyclic) bond motifs is 1. The molecular weight excluding hydrogens is 396 g/mol. The number of para-hydroxylation sites is 2. The van der Waals surface area contributed by atoms with Crippen molar-refractivity contribution in [2.75, 3.05) is 49.6 Å². The third kappa shape index (κ3) is 3.74. The van der Waals surface area contributed by atoms with Crippen molar-refractivity contribution in [2.45, 2.75) is 38.1 Å². The fourth-order valence-electron chi connectivity index (χ4n) is 5.05. The normalized spacial score (nSPS) is 22.8. The Labute approximate surface area is 181 Å². The van der Waals surface area contributed by atoms with Gasteiger partial charge in [0.2, 0.25) is 5.91 Å². The molecule has 1 saturated heterocycles. The Hall–Kier alpha value is -2.71. The van der Waals surface area contributed by atoms with Gasteiger partial charge >= 0.3 is 0 Å². The summed E-state index contributed by atoms with van der Waals surface area (Å²) >= 11 is 0. The van der Waals surface area contributed by atoms with E-state index in [2.05, 4.69) is 5.32 Å². The van der Waals surface area contributed by atoms with E-state index in [0.29, 0.717) is 43.3 Å². The van der Waals surface area contributed by atoms with Crippen LogP contribution in [0.1, 0.15) is 32.1 Å². The summed E-state index contributed by atoms with van der Waals surface area (Å²) in [6.45, 7) is 2.97. The lowest BCUT2D eigenvalue weighted by atomic mass is 9.94. The third-order valence-electron chi connectivity index (χ3n) is 6.70. The van der Waals surface area contributed by atoms with Crippen LogP contribution in [-0.4, -0.2) is 73.0 Å². The van der Waals surface area contributed by atoms with Gasteiger partial charge in [0.05, 0.1) is 43.3 Å². The van der Waals surface area contributed by atoms with Crippen LogP contribution in [0.4, 0.5) is 11.4 Å². The minimum absolute atomic E-state index is 0.132. The maximum absolute atomic E-state index is 13.6. The summed E-state index contributed by atoms with van der Waals surface area (Å²) in [5.41, 5.74) is 1.72. The number of ether oxygens (including phenoxy) is 1. The number of amides is 3. The number of benzene rings is 1. The van der Waals surface area contributed by atoms with Crippen molar-refractivity contribution in [3.8, 4) is 0 Å². The largest absolute Gasteiger partial charge is 0.379 e. The second-order valence-electron chi connectivity index (χ2n) is 8.64. The first-order valence-electron chi connectivity index (χ1n) is 11.2. The van der Waals surface area contributed by atoms with Gasteiger partial charge in [-0.05, 0) is 25.0 Å². The third-order valence-corrected chi connectivity index (χ3v) is 6.70. The predicted molar refractivity (Wildman–Crippen MR) is 115 cm³/mol. The van der Waals surface area contributed by atoms with Crippen molar-refractivity contribution in [3.63, 3.8) is 0 Å². The molecule has 31 heavy (non-hydrogen) atoms. The number of rotatable bonds is 3. The Bertz CT molecular complexity index is 931. The Balaban J connectivity index is 1.51. The fraction of sp³-hybridized carbons (Fsp3) is 0.522. The van der Waals surface area contributed by atoms with Gasteiger partial charge in [0.15, 0.2) is 0 Å². The van der Waals surface area contributed by atoms with Gasteiger partial charge in [0, 0.05) is 19.1 Å². The number of nitrogens with zero attached hydrogens (tertiary/aromatic N) is 3. The highest BCUT2D eigenvalue weighted by Crippen LogP contribution is 2.38. The SMILES string of the molecule is O=C1Nc2ccccc2N(C(=O)CN2CCOCC2)C2=C1CN(C1CCCCC1)C2=O. The molecule has 1 aliphatic carbocycles. The summed E-state index contributed by atoms with van der Waals surface area (Å²) in [7, 11) is 0. The highest BCUT2D eigenvalue weighted by Gasteiger charge is 2.44. The van der Waals surface area contributed by atoms with Crippen LogP contribution in [0.3, 0.4) is 0 Å². The molecule has 0 atom stereocenters. The van der Waals surface area contributed by atoms with Gasteiger partial charge in [-0.15, -0.1) is 0 Å². The molecule has 5 rings (SSSR count). The first-order chi connectivity index (χ1) is 15.1. The molecule has 8 heteroatoms. The lowest BCUT2D eigenvalue weighted by Crippen LogP contribution is -2.47. The minimum atomic E-state index is -0.296. The van der Waals surface area contributed by atoms with Crippen molar-refractivity contribution in [2.24, 2.45) is 0 Å². The van der Waals surface area contributed by atoms with Crippen molar-refractivity contribution in [1.29, 1.82) is 0 Å². The smallest absolute Gasteiger partial charge is 0.272 e. The van der Waals surface area contributed by atoms with Gasteiger partial charge < -0.3 is 15.0 Å². The Kier molecular flexibility index (Phi) is 5.50. The van der Waals surface area contributed by atoms with Crippen molar-refractivity contribution < 1.29 is 19.1 Å². The summed E-state index contributed by atoms with van der Waals surface area (Å²) in [4.78, 5) is 45.6. The second kappa shape index (κ2) is 8.43. The molecule has 3 amide bonds. The highest BCUT2D eigenvalue weighted by molar-refractivity contribution is 6.22. The van der Waals surface area contributed by atoms with Crippen LogP contribution >= 0.6 is 0 Å². The number of nitrogens with one attached hydrogen (secondary N) is 1. The van der Waals surface area contributed by atoms with Crippen LogP contribution in [0.5, 0.6) is 0 Å². The molecule has 0 unspecified atom stereocenters. The fourth-order valence-corrected chi connectivity index (χ4v) is 5.05. The first kappa shape index (κ1) is 20.2. The van der Waals surface area contributed by atoms with Crippen LogP contribution in [0.2, 0.25) is 0 Å². The van der Waals surface area contributed by atoms with Crippen molar-refractivity contribution in [3.05, 3.63) is 35.5 Å². The maximum atomic E-state index is 13.6. The molecule has 1 N–H and O–H groups in total. The van der Waals surface area contributed by atoms with Crippen LogP contribution in [0.15, 0.2) is 35.5 Å².